The van der Waals surface area contributed by atoms with Crippen molar-refractivity contribution in [2.24, 2.45) is 0 Å². The molecule has 0 fully saturated rings. The highest BCUT2D eigenvalue weighted by Gasteiger charge is 2.22. The van der Waals surface area contributed by atoms with E-state index in [2.05, 4.69) is 18.3 Å². The molecule has 1 N–H and O–H groups in total. The molecule has 2 heterocycles. The SMILES string of the molecule is CCc1oc2ccccc2c1C(NC)c1ccoc1. The third-order valence-electron chi connectivity index (χ3n) is 3.49. The molecule has 1 atom stereocenters. The second-order valence-electron chi connectivity index (χ2n) is 4.57. The summed E-state index contributed by atoms with van der Waals surface area (Å²) < 4.78 is 11.2. The molecule has 2 aromatic heterocycles. The van der Waals surface area contributed by atoms with Crippen LogP contribution in [0.5, 0.6) is 0 Å². The van der Waals surface area contributed by atoms with Gasteiger partial charge in [-0.2, -0.15) is 0 Å². The molecule has 1 aromatic carbocycles. The summed E-state index contributed by atoms with van der Waals surface area (Å²) in [7, 11) is 1.96. The number of para-hydroxylation sites is 1. The van der Waals surface area contributed by atoms with Crippen LogP contribution >= 0.6 is 0 Å². The van der Waals surface area contributed by atoms with Crippen molar-refractivity contribution in [3.05, 3.63) is 59.7 Å². The summed E-state index contributed by atoms with van der Waals surface area (Å²) in [6.45, 7) is 2.11. The van der Waals surface area contributed by atoms with Crippen LogP contribution < -0.4 is 5.32 Å². The summed E-state index contributed by atoms with van der Waals surface area (Å²) in [6, 6.07) is 10.3. The fourth-order valence-electron chi connectivity index (χ4n) is 2.61. The lowest BCUT2D eigenvalue weighted by atomic mass is 9.97. The zero-order valence-corrected chi connectivity index (χ0v) is 11.1. The van der Waals surface area contributed by atoms with Crippen LogP contribution in [0, 0.1) is 0 Å². The summed E-state index contributed by atoms with van der Waals surface area (Å²) in [5.41, 5.74) is 3.27. The van der Waals surface area contributed by atoms with Crippen molar-refractivity contribution in [2.45, 2.75) is 19.4 Å². The van der Waals surface area contributed by atoms with E-state index in [9.17, 15) is 0 Å². The minimum absolute atomic E-state index is 0.0948. The van der Waals surface area contributed by atoms with Crippen LogP contribution in [0.15, 0.2) is 51.7 Å². The molecule has 0 bridgehead atoms. The molecule has 1 unspecified atom stereocenters. The van der Waals surface area contributed by atoms with Gasteiger partial charge < -0.3 is 14.2 Å². The predicted octanol–water partition coefficient (Wildman–Crippen LogP) is 3.90. The molecule has 0 aliphatic carbocycles. The van der Waals surface area contributed by atoms with Crippen molar-refractivity contribution in [1.29, 1.82) is 0 Å². The summed E-state index contributed by atoms with van der Waals surface area (Å²) in [4.78, 5) is 0. The first-order valence-electron chi connectivity index (χ1n) is 6.54. The lowest BCUT2D eigenvalue weighted by Gasteiger charge is -2.15. The fraction of sp³-hybridized carbons (Fsp3) is 0.250. The van der Waals surface area contributed by atoms with Crippen LogP contribution in [0.3, 0.4) is 0 Å². The monoisotopic (exact) mass is 255 g/mol. The maximum Gasteiger partial charge on any atom is 0.134 e. The normalized spacial score (nSPS) is 12.9. The van der Waals surface area contributed by atoms with E-state index in [1.165, 1.54) is 10.9 Å². The molecular formula is C16H17NO2. The van der Waals surface area contributed by atoms with E-state index < -0.39 is 0 Å². The first-order valence-corrected chi connectivity index (χ1v) is 6.54. The third kappa shape index (κ3) is 1.96. The van der Waals surface area contributed by atoms with Crippen LogP contribution in [-0.2, 0) is 6.42 Å². The zero-order chi connectivity index (χ0) is 13.2. The highest BCUT2D eigenvalue weighted by atomic mass is 16.3. The van der Waals surface area contributed by atoms with Gasteiger partial charge in [-0.15, -0.1) is 0 Å². The standard InChI is InChI=1S/C16H17NO2/c1-3-13-15(12-6-4-5-7-14(12)19-13)16(17-2)11-8-9-18-10-11/h4-10,16-17H,3H2,1-2H3. The second kappa shape index (κ2) is 4.94. The lowest BCUT2D eigenvalue weighted by molar-refractivity contribution is 0.534. The number of hydrogen-bond donors (Lipinski definition) is 1. The molecule has 3 nitrogen and oxygen atoms in total. The van der Waals surface area contributed by atoms with E-state index >= 15 is 0 Å². The molecule has 0 amide bonds. The molecular weight excluding hydrogens is 238 g/mol. The summed E-state index contributed by atoms with van der Waals surface area (Å²) >= 11 is 0. The summed E-state index contributed by atoms with van der Waals surface area (Å²) in [6.07, 6.45) is 4.36. The van der Waals surface area contributed by atoms with Crippen molar-refractivity contribution in [1.82, 2.24) is 5.32 Å². The van der Waals surface area contributed by atoms with Crippen LogP contribution in [0.25, 0.3) is 11.0 Å². The van der Waals surface area contributed by atoms with Gasteiger partial charge >= 0.3 is 0 Å². The first kappa shape index (κ1) is 12.1. The number of furan rings is 2. The Bertz CT molecular complexity index is 667. The Kier molecular flexibility index (Phi) is 3.13. The molecule has 98 valence electrons. The second-order valence-corrected chi connectivity index (χ2v) is 4.57. The Morgan fingerprint density at radius 3 is 2.74 bits per heavy atom. The number of nitrogens with one attached hydrogen (secondary N) is 1. The number of benzene rings is 1. The molecule has 3 aromatic rings. The van der Waals surface area contributed by atoms with Crippen LogP contribution in [0.1, 0.15) is 29.9 Å². The Hall–Kier alpha value is -2.00. The Labute approximate surface area is 112 Å². The average Bonchev–Trinajstić information content (AvgIpc) is 3.08. The molecule has 0 spiro atoms. The van der Waals surface area contributed by atoms with Gasteiger partial charge in [0.25, 0.3) is 0 Å². The zero-order valence-electron chi connectivity index (χ0n) is 11.1. The van der Waals surface area contributed by atoms with E-state index in [0.29, 0.717) is 0 Å². The summed E-state index contributed by atoms with van der Waals surface area (Å²) in [5.74, 6) is 1.03. The van der Waals surface area contributed by atoms with Crippen molar-refractivity contribution >= 4 is 11.0 Å². The van der Waals surface area contributed by atoms with Gasteiger partial charge in [-0.05, 0) is 19.2 Å². The molecule has 0 aliphatic rings. The number of aryl methyl sites for hydroxylation is 1. The van der Waals surface area contributed by atoms with E-state index in [1.807, 2.05) is 31.3 Å². The number of hydrogen-bond acceptors (Lipinski definition) is 3. The van der Waals surface area contributed by atoms with Gasteiger partial charge in [-0.3, -0.25) is 0 Å². The molecule has 3 heteroatoms. The minimum atomic E-state index is 0.0948. The number of rotatable bonds is 4. The van der Waals surface area contributed by atoms with Crippen molar-refractivity contribution in [3.8, 4) is 0 Å². The lowest BCUT2D eigenvalue weighted by Crippen LogP contribution is -2.17. The Balaban J connectivity index is 2.22. The van der Waals surface area contributed by atoms with Gasteiger partial charge in [-0.1, -0.05) is 25.1 Å². The van der Waals surface area contributed by atoms with Gasteiger partial charge in [0.1, 0.15) is 11.3 Å². The van der Waals surface area contributed by atoms with Crippen molar-refractivity contribution in [2.75, 3.05) is 7.05 Å². The first-order chi connectivity index (χ1) is 9.35. The highest BCUT2D eigenvalue weighted by molar-refractivity contribution is 5.83. The van der Waals surface area contributed by atoms with Gasteiger partial charge in [-0.25, -0.2) is 0 Å². The molecule has 3 rings (SSSR count). The van der Waals surface area contributed by atoms with E-state index in [-0.39, 0.29) is 6.04 Å². The van der Waals surface area contributed by atoms with E-state index in [0.717, 1.165) is 23.3 Å². The largest absolute Gasteiger partial charge is 0.472 e. The van der Waals surface area contributed by atoms with E-state index in [4.69, 9.17) is 8.83 Å². The van der Waals surface area contributed by atoms with Crippen LogP contribution in [0.2, 0.25) is 0 Å². The Morgan fingerprint density at radius 1 is 1.21 bits per heavy atom. The van der Waals surface area contributed by atoms with Gasteiger partial charge in [0.2, 0.25) is 0 Å². The van der Waals surface area contributed by atoms with Crippen LogP contribution in [0.4, 0.5) is 0 Å². The van der Waals surface area contributed by atoms with Crippen LogP contribution in [-0.4, -0.2) is 7.05 Å². The quantitative estimate of drug-likeness (QED) is 0.768. The average molecular weight is 255 g/mol. The Morgan fingerprint density at radius 2 is 2.05 bits per heavy atom. The van der Waals surface area contributed by atoms with Crippen molar-refractivity contribution < 1.29 is 8.83 Å². The molecule has 0 radical (unpaired) electrons. The molecule has 19 heavy (non-hydrogen) atoms. The fourth-order valence-corrected chi connectivity index (χ4v) is 2.61. The third-order valence-corrected chi connectivity index (χ3v) is 3.49. The van der Waals surface area contributed by atoms with Crippen molar-refractivity contribution in [3.63, 3.8) is 0 Å². The molecule has 0 saturated carbocycles. The van der Waals surface area contributed by atoms with Gasteiger partial charge in [0.05, 0.1) is 18.6 Å². The summed E-state index contributed by atoms with van der Waals surface area (Å²) in [5, 5.41) is 4.52. The molecule has 0 aliphatic heterocycles. The topological polar surface area (TPSA) is 38.3 Å². The maximum atomic E-state index is 5.96. The van der Waals surface area contributed by atoms with Gasteiger partial charge in [0.15, 0.2) is 0 Å². The molecule has 0 saturated heterocycles. The van der Waals surface area contributed by atoms with E-state index in [1.54, 1.807) is 12.5 Å². The minimum Gasteiger partial charge on any atom is -0.472 e. The smallest absolute Gasteiger partial charge is 0.134 e. The maximum absolute atomic E-state index is 5.96. The predicted molar refractivity (Wildman–Crippen MR) is 75.2 cm³/mol. The van der Waals surface area contributed by atoms with Gasteiger partial charge in [0, 0.05) is 22.9 Å². The highest BCUT2D eigenvalue weighted by Crippen LogP contribution is 2.34. The number of fused-ring (bicyclic) bond motifs is 1.